The molecule has 0 unspecified atom stereocenters. The second-order valence-corrected chi connectivity index (χ2v) is 5.86. The summed E-state index contributed by atoms with van der Waals surface area (Å²) in [5.41, 5.74) is 0.163. The van der Waals surface area contributed by atoms with Gasteiger partial charge < -0.3 is 10.1 Å². The molecule has 3 rings (SSSR count). The molecule has 1 amide bonds. The van der Waals surface area contributed by atoms with E-state index >= 15 is 0 Å². The lowest BCUT2D eigenvalue weighted by molar-refractivity contribution is 0.0939. The van der Waals surface area contributed by atoms with E-state index in [1.807, 2.05) is 13.0 Å². The van der Waals surface area contributed by atoms with E-state index in [1.165, 1.54) is 4.68 Å². The number of aryl methyl sites for hydroxylation is 1. The molecule has 0 bridgehead atoms. The van der Waals surface area contributed by atoms with E-state index in [0.29, 0.717) is 42.1 Å². The number of nitrogens with one attached hydrogen (secondary N) is 1. The lowest BCUT2D eigenvalue weighted by Gasteiger charge is -2.12. The summed E-state index contributed by atoms with van der Waals surface area (Å²) in [5.74, 6) is 0.115. The highest BCUT2D eigenvalue weighted by molar-refractivity contribution is 6.04. The quantitative estimate of drug-likeness (QED) is 0.909. The van der Waals surface area contributed by atoms with Crippen molar-refractivity contribution in [1.29, 1.82) is 0 Å². The maximum atomic E-state index is 12.6. The normalized spacial score (nSPS) is 17.5. The molecule has 1 atom stereocenters. The van der Waals surface area contributed by atoms with E-state index < -0.39 is 0 Å². The zero-order chi connectivity index (χ0) is 16.2. The van der Waals surface area contributed by atoms with Gasteiger partial charge in [0.2, 0.25) is 0 Å². The van der Waals surface area contributed by atoms with Crippen molar-refractivity contribution in [2.24, 2.45) is 5.92 Å². The molecule has 23 heavy (non-hydrogen) atoms. The molecule has 1 N–H and O–H groups in total. The molecular weight excluding hydrogens is 294 g/mol. The van der Waals surface area contributed by atoms with Crippen LogP contribution in [0.5, 0.6) is 0 Å². The Labute approximate surface area is 134 Å². The number of hydrogen-bond donors (Lipinski definition) is 1. The Morgan fingerprint density at radius 1 is 1.39 bits per heavy atom. The minimum Gasteiger partial charge on any atom is -0.381 e. The summed E-state index contributed by atoms with van der Waals surface area (Å²) in [5, 5.41) is 8.36. The average molecular weight is 315 g/mol. The third-order valence-corrected chi connectivity index (χ3v) is 4.09. The van der Waals surface area contributed by atoms with Crippen LogP contribution >= 0.6 is 0 Å². The van der Waals surface area contributed by atoms with Crippen molar-refractivity contribution in [3.05, 3.63) is 40.3 Å². The molecule has 0 spiro atoms. The number of nitrogens with zero attached hydrogens (tertiary/aromatic N) is 2. The fraction of sp³-hybridized carbons (Fsp3) is 0.471. The molecule has 0 saturated carbocycles. The van der Waals surface area contributed by atoms with Crippen molar-refractivity contribution in [1.82, 2.24) is 15.1 Å². The van der Waals surface area contributed by atoms with Crippen LogP contribution in [0, 0.1) is 5.92 Å². The summed E-state index contributed by atoms with van der Waals surface area (Å²) < 4.78 is 6.70. The largest absolute Gasteiger partial charge is 0.381 e. The van der Waals surface area contributed by atoms with Crippen LogP contribution in [0.25, 0.3) is 10.8 Å². The average Bonchev–Trinajstić information content (AvgIpc) is 3.09. The van der Waals surface area contributed by atoms with Crippen LogP contribution in [-0.2, 0) is 11.3 Å². The molecule has 122 valence electrons. The SMILES string of the molecule is CCCn1nc(C(=O)NC[C@@H]2CCOC2)c2ccccc2c1=O. The Hall–Kier alpha value is -2.21. The molecule has 1 fully saturated rings. The number of ether oxygens (including phenoxy) is 1. The van der Waals surface area contributed by atoms with Crippen LogP contribution in [0.3, 0.4) is 0 Å². The summed E-state index contributed by atoms with van der Waals surface area (Å²) in [6.45, 7) is 4.48. The molecule has 6 heteroatoms. The van der Waals surface area contributed by atoms with Crippen LogP contribution in [0.15, 0.2) is 29.1 Å². The molecule has 1 aliphatic heterocycles. The Morgan fingerprint density at radius 3 is 2.87 bits per heavy atom. The smallest absolute Gasteiger partial charge is 0.274 e. The van der Waals surface area contributed by atoms with Gasteiger partial charge in [0.05, 0.1) is 12.0 Å². The minimum atomic E-state index is -0.238. The van der Waals surface area contributed by atoms with Gasteiger partial charge in [0.25, 0.3) is 11.5 Å². The first kappa shape index (κ1) is 15.7. The summed E-state index contributed by atoms with van der Waals surface area (Å²) >= 11 is 0. The Balaban J connectivity index is 1.93. The zero-order valence-electron chi connectivity index (χ0n) is 13.2. The van der Waals surface area contributed by atoms with Gasteiger partial charge in [-0.3, -0.25) is 9.59 Å². The van der Waals surface area contributed by atoms with Crippen LogP contribution in [0.1, 0.15) is 30.3 Å². The molecule has 0 radical (unpaired) electrons. The minimum absolute atomic E-state index is 0.150. The highest BCUT2D eigenvalue weighted by Gasteiger charge is 2.20. The van der Waals surface area contributed by atoms with E-state index in [-0.39, 0.29) is 11.5 Å². The van der Waals surface area contributed by atoms with E-state index in [1.54, 1.807) is 18.2 Å². The third-order valence-electron chi connectivity index (χ3n) is 4.09. The fourth-order valence-electron chi connectivity index (χ4n) is 2.83. The summed E-state index contributed by atoms with van der Waals surface area (Å²) in [4.78, 5) is 25.0. The van der Waals surface area contributed by atoms with Crippen molar-refractivity contribution in [3.63, 3.8) is 0 Å². The number of rotatable bonds is 5. The van der Waals surface area contributed by atoms with Crippen molar-refractivity contribution in [2.75, 3.05) is 19.8 Å². The van der Waals surface area contributed by atoms with Gasteiger partial charge in [-0.25, -0.2) is 4.68 Å². The molecule has 1 aromatic heterocycles. The highest BCUT2D eigenvalue weighted by Crippen LogP contribution is 2.14. The van der Waals surface area contributed by atoms with Crippen molar-refractivity contribution < 1.29 is 9.53 Å². The van der Waals surface area contributed by atoms with E-state index in [0.717, 1.165) is 19.4 Å². The first-order valence-corrected chi connectivity index (χ1v) is 8.06. The van der Waals surface area contributed by atoms with Crippen LogP contribution in [-0.4, -0.2) is 35.4 Å². The molecule has 1 aliphatic rings. The predicted molar refractivity (Wildman–Crippen MR) is 87.6 cm³/mol. The summed E-state index contributed by atoms with van der Waals surface area (Å²) in [6, 6.07) is 7.13. The Bertz CT molecular complexity index is 763. The topological polar surface area (TPSA) is 73.2 Å². The van der Waals surface area contributed by atoms with Gasteiger partial charge in [0.1, 0.15) is 0 Å². The van der Waals surface area contributed by atoms with E-state index in [9.17, 15) is 9.59 Å². The van der Waals surface area contributed by atoms with Gasteiger partial charge in [0, 0.05) is 31.0 Å². The summed E-state index contributed by atoms with van der Waals surface area (Å²) in [7, 11) is 0. The van der Waals surface area contributed by atoms with Crippen molar-refractivity contribution in [2.45, 2.75) is 26.3 Å². The molecule has 2 aromatic rings. The van der Waals surface area contributed by atoms with Crippen molar-refractivity contribution in [3.8, 4) is 0 Å². The van der Waals surface area contributed by atoms with Gasteiger partial charge >= 0.3 is 0 Å². The van der Waals surface area contributed by atoms with Gasteiger partial charge in [-0.2, -0.15) is 5.10 Å². The second-order valence-electron chi connectivity index (χ2n) is 5.86. The lowest BCUT2D eigenvalue weighted by Crippen LogP contribution is -2.33. The highest BCUT2D eigenvalue weighted by atomic mass is 16.5. The lowest BCUT2D eigenvalue weighted by atomic mass is 10.1. The van der Waals surface area contributed by atoms with Crippen LogP contribution in [0.2, 0.25) is 0 Å². The number of hydrogen-bond acceptors (Lipinski definition) is 4. The Morgan fingerprint density at radius 2 is 2.17 bits per heavy atom. The van der Waals surface area contributed by atoms with E-state index in [4.69, 9.17) is 4.74 Å². The Kier molecular flexibility index (Phi) is 4.71. The first-order valence-electron chi connectivity index (χ1n) is 8.06. The standard InChI is InChI=1S/C17H21N3O3/c1-2-8-20-17(22)14-6-4-3-5-13(14)15(19-20)16(21)18-10-12-7-9-23-11-12/h3-6,12H,2,7-11H2,1H3,(H,18,21)/t12-/m0/s1. The predicted octanol–water partition coefficient (Wildman–Crippen LogP) is 1.57. The third kappa shape index (κ3) is 3.27. The van der Waals surface area contributed by atoms with Crippen molar-refractivity contribution >= 4 is 16.7 Å². The van der Waals surface area contributed by atoms with Gasteiger partial charge in [-0.1, -0.05) is 25.1 Å². The molecule has 2 heterocycles. The van der Waals surface area contributed by atoms with Crippen LogP contribution in [0.4, 0.5) is 0 Å². The number of aromatic nitrogens is 2. The number of carbonyl (C=O) groups excluding carboxylic acids is 1. The molecule has 1 saturated heterocycles. The first-order chi connectivity index (χ1) is 11.2. The number of fused-ring (bicyclic) bond motifs is 1. The number of amides is 1. The molecule has 0 aliphatic carbocycles. The van der Waals surface area contributed by atoms with Crippen LogP contribution < -0.4 is 10.9 Å². The fourth-order valence-corrected chi connectivity index (χ4v) is 2.83. The molecule has 1 aromatic carbocycles. The number of benzene rings is 1. The van der Waals surface area contributed by atoms with Gasteiger partial charge in [-0.15, -0.1) is 0 Å². The maximum absolute atomic E-state index is 12.6. The zero-order valence-corrected chi connectivity index (χ0v) is 13.2. The number of carbonyl (C=O) groups is 1. The van der Waals surface area contributed by atoms with Gasteiger partial charge in [-0.05, 0) is 18.9 Å². The van der Waals surface area contributed by atoms with Gasteiger partial charge in [0.15, 0.2) is 5.69 Å². The second kappa shape index (κ2) is 6.91. The van der Waals surface area contributed by atoms with E-state index in [2.05, 4.69) is 10.4 Å². The monoisotopic (exact) mass is 315 g/mol. The molecular formula is C17H21N3O3. The summed E-state index contributed by atoms with van der Waals surface area (Å²) in [6.07, 6.45) is 1.75. The maximum Gasteiger partial charge on any atom is 0.274 e. The molecule has 6 nitrogen and oxygen atoms in total.